The molecule has 3 unspecified atom stereocenters. The minimum Gasteiger partial charge on any atom is -0.384 e. The number of nitro groups is 1. The molecule has 0 radical (unpaired) electrons. The number of fused-ring (bicyclic) bond motifs is 3. The summed E-state index contributed by atoms with van der Waals surface area (Å²) in [4.78, 5) is 13.2. The van der Waals surface area contributed by atoms with Crippen molar-refractivity contribution >= 4 is 11.4 Å². The summed E-state index contributed by atoms with van der Waals surface area (Å²) < 4.78 is 0. The molecule has 3 atom stereocenters. The average molecular weight is 285 g/mol. The number of hydrogen-bond donors (Lipinski definition) is 1. The summed E-state index contributed by atoms with van der Waals surface area (Å²) in [6.45, 7) is 0.867. The number of nitrogens with zero attached hydrogens (tertiary/aromatic N) is 2. The third-order valence-electron chi connectivity index (χ3n) is 5.34. The first-order valence-electron chi connectivity index (χ1n) is 7.58. The summed E-state index contributed by atoms with van der Waals surface area (Å²) in [5, 5.41) is 14.4. The average Bonchev–Trinajstić information content (AvgIpc) is 2.95. The molecule has 3 aliphatic heterocycles. The number of rotatable bonds is 2. The lowest BCUT2D eigenvalue weighted by molar-refractivity contribution is -0.384. The molecular formula is C16H19N3O2. The number of non-ortho nitro benzene ring substituents is 1. The van der Waals surface area contributed by atoms with Gasteiger partial charge in [-0.1, -0.05) is 11.6 Å². The highest BCUT2D eigenvalue weighted by Crippen LogP contribution is 2.44. The molecule has 1 aromatic carbocycles. The maximum absolute atomic E-state index is 11.0. The van der Waals surface area contributed by atoms with Crippen LogP contribution in [0.4, 0.5) is 11.4 Å². The van der Waals surface area contributed by atoms with Gasteiger partial charge in [0.2, 0.25) is 0 Å². The van der Waals surface area contributed by atoms with Crippen molar-refractivity contribution in [3.05, 3.63) is 45.5 Å². The van der Waals surface area contributed by atoms with Gasteiger partial charge in [-0.15, -0.1) is 0 Å². The molecule has 0 amide bonds. The van der Waals surface area contributed by atoms with Crippen molar-refractivity contribution in [3.8, 4) is 0 Å². The molecule has 3 aliphatic rings. The molecule has 5 heteroatoms. The predicted octanol–water partition coefficient (Wildman–Crippen LogP) is 2.90. The number of nitro benzene ring substituents is 1. The number of benzene rings is 1. The van der Waals surface area contributed by atoms with Crippen molar-refractivity contribution in [3.63, 3.8) is 0 Å². The minimum absolute atomic E-state index is 0.193. The second kappa shape index (κ2) is 4.56. The quantitative estimate of drug-likeness (QED) is 0.515. The Kier molecular flexibility index (Phi) is 2.79. The van der Waals surface area contributed by atoms with Crippen molar-refractivity contribution in [1.29, 1.82) is 0 Å². The van der Waals surface area contributed by atoms with Crippen LogP contribution in [0.5, 0.6) is 0 Å². The van der Waals surface area contributed by atoms with E-state index in [4.69, 9.17) is 0 Å². The van der Waals surface area contributed by atoms with Gasteiger partial charge >= 0.3 is 0 Å². The van der Waals surface area contributed by atoms with Crippen molar-refractivity contribution in [2.24, 2.45) is 0 Å². The molecule has 110 valence electrons. The van der Waals surface area contributed by atoms with Gasteiger partial charge in [0, 0.05) is 42.4 Å². The fourth-order valence-corrected chi connectivity index (χ4v) is 4.10. The molecule has 0 spiro atoms. The number of likely N-dealkylation sites (N-methyl/N-ethyl adjacent to an activating group) is 1. The molecule has 1 aromatic rings. The van der Waals surface area contributed by atoms with E-state index in [-0.39, 0.29) is 10.6 Å². The maximum Gasteiger partial charge on any atom is 0.269 e. The number of anilines is 1. The highest BCUT2D eigenvalue weighted by molar-refractivity contribution is 5.63. The first-order valence-corrected chi connectivity index (χ1v) is 7.58. The number of nitrogens with one attached hydrogen (secondary N) is 1. The zero-order valence-electron chi connectivity index (χ0n) is 12.1. The highest BCUT2D eigenvalue weighted by Gasteiger charge is 2.37. The van der Waals surface area contributed by atoms with Gasteiger partial charge in [-0.05, 0) is 37.9 Å². The lowest BCUT2D eigenvalue weighted by atomic mass is 9.86. The van der Waals surface area contributed by atoms with Crippen LogP contribution in [0.15, 0.2) is 29.8 Å². The Bertz CT molecular complexity index is 640. The molecule has 21 heavy (non-hydrogen) atoms. The van der Waals surface area contributed by atoms with Crippen LogP contribution in [0.3, 0.4) is 0 Å². The van der Waals surface area contributed by atoms with Crippen LogP contribution in [0.2, 0.25) is 0 Å². The SMILES string of the molecule is CN1C2C=C(C3CNc4ccc([N+](=O)[O-])cc43)CC1CC2. The number of hydrogen-bond acceptors (Lipinski definition) is 4. The Hall–Kier alpha value is -1.88. The zero-order valence-corrected chi connectivity index (χ0v) is 12.1. The van der Waals surface area contributed by atoms with Gasteiger partial charge in [0.1, 0.15) is 0 Å². The van der Waals surface area contributed by atoms with Crippen LogP contribution < -0.4 is 5.32 Å². The normalized spacial score (nSPS) is 30.7. The van der Waals surface area contributed by atoms with Gasteiger partial charge in [0.05, 0.1) is 4.92 Å². The molecule has 5 nitrogen and oxygen atoms in total. The smallest absolute Gasteiger partial charge is 0.269 e. The van der Waals surface area contributed by atoms with Crippen molar-refractivity contribution in [2.45, 2.75) is 37.3 Å². The van der Waals surface area contributed by atoms with E-state index in [2.05, 4.69) is 23.3 Å². The topological polar surface area (TPSA) is 58.4 Å². The van der Waals surface area contributed by atoms with E-state index >= 15 is 0 Å². The van der Waals surface area contributed by atoms with Crippen LogP contribution in [0.25, 0.3) is 0 Å². The Balaban J connectivity index is 1.69. The Morgan fingerprint density at radius 2 is 2.24 bits per heavy atom. The van der Waals surface area contributed by atoms with Crippen molar-refractivity contribution in [2.75, 3.05) is 18.9 Å². The summed E-state index contributed by atoms with van der Waals surface area (Å²) in [7, 11) is 2.21. The molecule has 0 aromatic heterocycles. The van der Waals surface area contributed by atoms with E-state index in [1.165, 1.54) is 18.4 Å². The van der Waals surface area contributed by atoms with Crippen LogP contribution in [0.1, 0.15) is 30.7 Å². The summed E-state index contributed by atoms with van der Waals surface area (Å²) in [5.41, 5.74) is 3.81. The Labute approximate surface area is 123 Å². The fraction of sp³-hybridized carbons (Fsp3) is 0.500. The first-order chi connectivity index (χ1) is 10.1. The predicted molar refractivity (Wildman–Crippen MR) is 81.6 cm³/mol. The molecule has 1 saturated heterocycles. The molecule has 3 heterocycles. The van der Waals surface area contributed by atoms with E-state index in [1.807, 2.05) is 6.07 Å². The molecule has 1 N–H and O–H groups in total. The standard InChI is InChI=1S/C16H19N3O2/c1-18-11-2-3-12(18)7-10(6-11)15-9-17-16-5-4-13(19(20)21)8-14(15)16/h4-6,8,11-12,15,17H,2-3,7,9H2,1H3. The van der Waals surface area contributed by atoms with E-state index in [0.717, 1.165) is 24.2 Å². The Morgan fingerprint density at radius 1 is 1.38 bits per heavy atom. The molecule has 4 rings (SSSR count). The van der Waals surface area contributed by atoms with Gasteiger partial charge in [0.15, 0.2) is 0 Å². The largest absolute Gasteiger partial charge is 0.384 e. The summed E-state index contributed by atoms with van der Waals surface area (Å²) in [6, 6.07) is 6.39. The van der Waals surface area contributed by atoms with Gasteiger partial charge in [-0.3, -0.25) is 15.0 Å². The molecule has 0 aliphatic carbocycles. The van der Waals surface area contributed by atoms with Crippen LogP contribution >= 0.6 is 0 Å². The van der Waals surface area contributed by atoms with Crippen LogP contribution in [-0.2, 0) is 0 Å². The first kappa shape index (κ1) is 12.8. The minimum atomic E-state index is -0.303. The molecule has 2 bridgehead atoms. The van der Waals surface area contributed by atoms with Crippen LogP contribution in [0, 0.1) is 10.1 Å². The van der Waals surface area contributed by atoms with Crippen LogP contribution in [-0.4, -0.2) is 35.5 Å². The molecule has 0 saturated carbocycles. The summed E-state index contributed by atoms with van der Waals surface area (Å²) in [5.74, 6) is 0.302. The Morgan fingerprint density at radius 3 is 3.00 bits per heavy atom. The summed E-state index contributed by atoms with van der Waals surface area (Å²) in [6.07, 6.45) is 6.01. The van der Waals surface area contributed by atoms with Crippen molar-refractivity contribution in [1.82, 2.24) is 4.90 Å². The molecular weight excluding hydrogens is 266 g/mol. The lowest BCUT2D eigenvalue weighted by Gasteiger charge is -2.32. The second-order valence-electron chi connectivity index (χ2n) is 6.37. The maximum atomic E-state index is 11.0. The van der Waals surface area contributed by atoms with E-state index in [1.54, 1.807) is 12.1 Å². The van der Waals surface area contributed by atoms with E-state index < -0.39 is 0 Å². The van der Waals surface area contributed by atoms with Gasteiger partial charge in [-0.25, -0.2) is 0 Å². The molecule has 1 fully saturated rings. The lowest BCUT2D eigenvalue weighted by Crippen LogP contribution is -2.36. The summed E-state index contributed by atoms with van der Waals surface area (Å²) >= 11 is 0. The monoisotopic (exact) mass is 285 g/mol. The highest BCUT2D eigenvalue weighted by atomic mass is 16.6. The fourth-order valence-electron chi connectivity index (χ4n) is 4.10. The van der Waals surface area contributed by atoms with Crippen molar-refractivity contribution < 1.29 is 4.92 Å². The van der Waals surface area contributed by atoms with E-state index in [9.17, 15) is 10.1 Å². The van der Waals surface area contributed by atoms with Gasteiger partial charge in [0.25, 0.3) is 5.69 Å². The van der Waals surface area contributed by atoms with Gasteiger partial charge in [-0.2, -0.15) is 0 Å². The second-order valence-corrected chi connectivity index (χ2v) is 6.37. The third kappa shape index (κ3) is 1.95. The zero-order chi connectivity index (χ0) is 14.6. The van der Waals surface area contributed by atoms with Gasteiger partial charge < -0.3 is 5.32 Å². The van der Waals surface area contributed by atoms with E-state index in [0.29, 0.717) is 18.0 Å². The third-order valence-corrected chi connectivity index (χ3v) is 5.34.